The maximum atomic E-state index is 5.47. The highest BCUT2D eigenvalue weighted by Gasteiger charge is 2.24. The average molecular weight is 1750 g/mol. The van der Waals surface area contributed by atoms with E-state index in [1.54, 1.807) is 0 Å². The molecule has 0 aliphatic rings. The molecule has 0 bridgehead atoms. The first kappa shape index (κ1) is 81.6. The van der Waals surface area contributed by atoms with E-state index in [9.17, 15) is 0 Å². The van der Waals surface area contributed by atoms with Crippen LogP contribution in [0.5, 0.6) is 0 Å². The molecule has 0 unspecified atom stereocenters. The van der Waals surface area contributed by atoms with E-state index in [-0.39, 0.29) is 0 Å². The van der Waals surface area contributed by atoms with Crippen LogP contribution in [0.2, 0.25) is 0 Å². The quantitative estimate of drug-likeness (QED) is 0.113. The number of hydrogen-bond donors (Lipinski definition) is 0. The average Bonchev–Trinajstić information content (AvgIpc) is 0.738. The Kier molecular flexibility index (Phi) is 20.9. The lowest BCUT2D eigenvalue weighted by Gasteiger charge is -2.17. The van der Waals surface area contributed by atoms with Gasteiger partial charge in [0.05, 0.1) is 39.3 Å². The molecular weight excluding hydrogens is 1670 g/mol. The van der Waals surface area contributed by atoms with Gasteiger partial charge in [-0.25, -0.2) is 15.0 Å². The Morgan fingerprint density at radius 2 is 0.391 bits per heavy atom. The molecule has 27 aromatic rings. The lowest BCUT2D eigenvalue weighted by atomic mass is 9.89. The van der Waals surface area contributed by atoms with Gasteiger partial charge < -0.3 is 0 Å². The van der Waals surface area contributed by atoms with Crippen LogP contribution in [-0.2, 0) is 0 Å². The smallest absolute Gasteiger partial charge is 0.0794 e. The standard InChI is InChI=1S/3C44H28N2/c1-3-15-34-30(10-1)12-7-19-36(34)41-27-43(38-20-8-13-31-11-2-4-16-35(31)38)46-44-39-18-6-5-17-37(39)40(26-42(41)44)32-23-21-29(22-24-32)33-14-9-25-45-28-33;1-3-13-34-31(9-1)11-7-17-36(34)41-28-43(38-18-8-12-32-10-2-4-14-35(32)38)46-44-39-16-6-5-15-37(39)40(27-42(41)44)33-21-19-29(20-22-33)30-23-25-45-26-24-30;1-3-15-33-29(11-1)13-9-19-35(33)40-28-43(37-20-10-14-30-12-2-4-16-34(30)37)46-44-38-18-6-5-17-36(38)39(27-41(40)44)31-22-24-32(25-23-31)42-21-7-8-26-45-42/h3*1-28H. The first-order valence-corrected chi connectivity index (χ1v) is 47.0. The van der Waals surface area contributed by atoms with Crippen molar-refractivity contribution in [2.24, 2.45) is 0 Å². The SMILES string of the molecule is c1ccc(-c2ccc(-c3cc4c(-c5cccc6ccccc56)cc(-c5cccc6ccccc56)nc4c4ccccc34)cc2)nc1.c1ccc2c(-c3cc(-c4cccc5ccccc45)c4cc(-c5ccc(-c6ccncc6)cc5)c5ccccc5c4n3)cccc2c1.c1cncc(-c2ccc(-c3cc4c(-c5cccc6ccccc56)cc(-c5cccc6ccccc56)nc4c4ccccc34)cc2)c1. The highest BCUT2D eigenvalue weighted by Crippen LogP contribution is 2.49. The summed E-state index contributed by atoms with van der Waals surface area (Å²) < 4.78 is 0. The van der Waals surface area contributed by atoms with E-state index in [0.29, 0.717) is 0 Å². The lowest BCUT2D eigenvalue weighted by molar-refractivity contribution is 1.33. The van der Waals surface area contributed by atoms with Gasteiger partial charge in [0.25, 0.3) is 0 Å². The van der Waals surface area contributed by atoms with Crippen LogP contribution in [0.25, 0.3) is 264 Å². The summed E-state index contributed by atoms with van der Waals surface area (Å²) >= 11 is 0. The predicted molar refractivity (Wildman–Crippen MR) is 581 cm³/mol. The van der Waals surface area contributed by atoms with Crippen molar-refractivity contribution < 1.29 is 0 Å². The van der Waals surface area contributed by atoms with Gasteiger partial charge in [-0.1, -0.05) is 413 Å². The largest absolute Gasteiger partial charge is 0.265 e. The second-order valence-corrected chi connectivity index (χ2v) is 35.3. The lowest BCUT2D eigenvalue weighted by Crippen LogP contribution is -1.94. The topological polar surface area (TPSA) is 77.3 Å². The molecule has 0 amide bonds. The Balaban J connectivity index is 0.000000110. The van der Waals surface area contributed by atoms with Gasteiger partial charge in [-0.15, -0.1) is 0 Å². The fourth-order valence-electron chi connectivity index (χ4n) is 20.8. The van der Waals surface area contributed by atoms with Crippen LogP contribution in [0.15, 0.2) is 510 Å². The Morgan fingerprint density at radius 3 is 0.710 bits per heavy atom. The molecule has 21 aromatic carbocycles. The number of pyridine rings is 6. The van der Waals surface area contributed by atoms with Crippen LogP contribution in [0.4, 0.5) is 0 Å². The van der Waals surface area contributed by atoms with Crippen LogP contribution in [0.1, 0.15) is 0 Å². The molecule has 642 valence electrons. The van der Waals surface area contributed by atoms with Crippen LogP contribution >= 0.6 is 0 Å². The summed E-state index contributed by atoms with van der Waals surface area (Å²) in [5.74, 6) is 0. The summed E-state index contributed by atoms with van der Waals surface area (Å²) in [7, 11) is 0. The first-order valence-electron chi connectivity index (χ1n) is 47.0. The molecule has 0 fully saturated rings. The second kappa shape index (κ2) is 35.3. The van der Waals surface area contributed by atoms with Crippen molar-refractivity contribution in [2.45, 2.75) is 0 Å². The van der Waals surface area contributed by atoms with Crippen molar-refractivity contribution in [1.82, 2.24) is 29.9 Å². The Bertz CT molecular complexity index is 8540. The number of fused-ring (bicyclic) bond motifs is 15. The van der Waals surface area contributed by atoms with Gasteiger partial charge in [-0.2, -0.15) is 0 Å². The molecule has 0 saturated carbocycles. The Morgan fingerprint density at radius 1 is 0.123 bits per heavy atom. The molecule has 27 rings (SSSR count). The normalized spacial score (nSPS) is 11.5. The molecule has 6 nitrogen and oxygen atoms in total. The number of nitrogens with zero attached hydrogens (tertiary/aromatic N) is 6. The van der Waals surface area contributed by atoms with E-state index in [2.05, 4.69) is 476 Å². The molecule has 0 aliphatic carbocycles. The van der Waals surface area contributed by atoms with Crippen molar-refractivity contribution in [3.05, 3.63) is 510 Å². The minimum absolute atomic E-state index is 0.973. The molecule has 0 aliphatic heterocycles. The molecule has 6 aromatic heterocycles. The molecule has 6 heteroatoms. The predicted octanol–water partition coefficient (Wildman–Crippen LogP) is 35.3. The molecule has 6 heterocycles. The van der Waals surface area contributed by atoms with Crippen LogP contribution in [0.3, 0.4) is 0 Å². The molecule has 0 saturated heterocycles. The summed E-state index contributed by atoms with van der Waals surface area (Å²) in [6, 6.07) is 172. The summed E-state index contributed by atoms with van der Waals surface area (Å²) in [6.45, 7) is 0. The van der Waals surface area contributed by atoms with Gasteiger partial charge in [-0.05, 0) is 237 Å². The van der Waals surface area contributed by atoms with Gasteiger partial charge in [0.2, 0.25) is 0 Å². The Labute approximate surface area is 798 Å². The zero-order valence-electron chi connectivity index (χ0n) is 75.2. The number of hydrogen-bond acceptors (Lipinski definition) is 6. The van der Waals surface area contributed by atoms with Crippen molar-refractivity contribution in [2.75, 3.05) is 0 Å². The molecule has 0 atom stereocenters. The molecule has 138 heavy (non-hydrogen) atoms. The van der Waals surface area contributed by atoms with Crippen molar-refractivity contribution in [3.8, 4) is 134 Å². The summed E-state index contributed by atoms with van der Waals surface area (Å²) in [5, 5.41) is 25.1. The third-order valence-corrected chi connectivity index (χ3v) is 27.5. The molecule has 0 spiro atoms. The van der Waals surface area contributed by atoms with Crippen molar-refractivity contribution in [1.29, 1.82) is 0 Å². The highest BCUT2D eigenvalue weighted by molar-refractivity contribution is 6.22. The van der Waals surface area contributed by atoms with E-state index >= 15 is 0 Å². The number of aromatic nitrogens is 6. The first-order chi connectivity index (χ1) is 68.4. The van der Waals surface area contributed by atoms with E-state index in [1.165, 1.54) is 153 Å². The maximum Gasteiger partial charge on any atom is 0.0794 e. The van der Waals surface area contributed by atoms with Crippen LogP contribution in [-0.4, -0.2) is 29.9 Å². The zero-order valence-corrected chi connectivity index (χ0v) is 75.2. The summed E-state index contributed by atoms with van der Waals surface area (Å²) in [5.41, 5.74) is 30.4. The maximum absolute atomic E-state index is 5.47. The Hall–Kier alpha value is -18.4. The van der Waals surface area contributed by atoms with Gasteiger partial charge in [0, 0.05) is 85.6 Å². The molecule has 0 N–H and O–H groups in total. The third kappa shape index (κ3) is 15.0. The fourth-order valence-corrected chi connectivity index (χ4v) is 20.8. The van der Waals surface area contributed by atoms with E-state index in [1.807, 2.05) is 49.2 Å². The van der Waals surface area contributed by atoms with Crippen molar-refractivity contribution in [3.63, 3.8) is 0 Å². The summed E-state index contributed by atoms with van der Waals surface area (Å²) in [6.07, 6.45) is 9.25. The van der Waals surface area contributed by atoms with Gasteiger partial charge >= 0.3 is 0 Å². The van der Waals surface area contributed by atoms with Gasteiger partial charge in [-0.3, -0.25) is 15.0 Å². The third-order valence-electron chi connectivity index (χ3n) is 27.5. The highest BCUT2D eigenvalue weighted by atomic mass is 14.7. The minimum Gasteiger partial charge on any atom is -0.265 e. The van der Waals surface area contributed by atoms with Gasteiger partial charge in [0.15, 0.2) is 0 Å². The number of rotatable bonds is 12. The zero-order chi connectivity index (χ0) is 91.4. The van der Waals surface area contributed by atoms with Crippen molar-refractivity contribution >= 4 is 130 Å². The molecule has 0 radical (unpaired) electrons. The number of benzene rings is 21. The van der Waals surface area contributed by atoms with E-state index < -0.39 is 0 Å². The monoisotopic (exact) mass is 1750 g/mol. The van der Waals surface area contributed by atoms with Crippen LogP contribution < -0.4 is 0 Å². The van der Waals surface area contributed by atoms with E-state index in [4.69, 9.17) is 15.0 Å². The van der Waals surface area contributed by atoms with Crippen LogP contribution in [0, 0.1) is 0 Å². The summed E-state index contributed by atoms with van der Waals surface area (Å²) in [4.78, 5) is 29.5. The fraction of sp³-hybridized carbons (Fsp3) is 0. The van der Waals surface area contributed by atoms with Gasteiger partial charge in [0.1, 0.15) is 0 Å². The van der Waals surface area contributed by atoms with E-state index in [0.717, 1.165) is 111 Å². The minimum atomic E-state index is 0.973. The molecular formula is C132H84N6. The second-order valence-electron chi connectivity index (χ2n) is 35.3.